The number of ether oxygens (including phenoxy) is 2. The Kier molecular flexibility index (Phi) is 7.10. The normalized spacial score (nSPS) is 14.3. The molecule has 8 nitrogen and oxygen atoms in total. The van der Waals surface area contributed by atoms with Crippen LogP contribution in [0.1, 0.15) is 16.7 Å². The highest BCUT2D eigenvalue weighted by Crippen LogP contribution is 2.36. The van der Waals surface area contributed by atoms with Gasteiger partial charge in [-0.1, -0.05) is 66.7 Å². The summed E-state index contributed by atoms with van der Waals surface area (Å²) in [4.78, 5) is 37.6. The van der Waals surface area contributed by atoms with Gasteiger partial charge >= 0.3 is 0 Å². The summed E-state index contributed by atoms with van der Waals surface area (Å²) in [5.41, 5.74) is 1.84. The van der Waals surface area contributed by atoms with E-state index >= 15 is 0 Å². The van der Waals surface area contributed by atoms with Crippen molar-refractivity contribution in [3.05, 3.63) is 117 Å². The number of thioether (sulfide) groups is 1. The molecule has 4 aromatic rings. The lowest BCUT2D eigenvalue weighted by Gasteiger charge is -2.13. The molecule has 4 aromatic carbocycles. The zero-order valence-corrected chi connectivity index (χ0v) is 21.1. The maximum absolute atomic E-state index is 13.0. The highest BCUT2D eigenvalue weighted by Gasteiger charge is 2.36. The Labute approximate surface area is 222 Å². The van der Waals surface area contributed by atoms with Crippen LogP contribution in [-0.4, -0.2) is 28.1 Å². The first kappa shape index (κ1) is 25.0. The predicted molar refractivity (Wildman–Crippen MR) is 146 cm³/mol. The number of hydrogen-bond donors (Lipinski definition) is 0. The summed E-state index contributed by atoms with van der Waals surface area (Å²) in [6, 6.07) is 25.5. The standard InChI is InChI=1S/C29H22N2O6S/c1-36-26-15-19(13-14-25(26)37-18-22-10-6-9-20-7-2-4-11-23(20)22)16-27-28(32)30(29(33)38-27)17-21-8-3-5-12-24(21)31(34)35/h2-16H,17-18H2,1H3/b27-16-. The highest BCUT2D eigenvalue weighted by atomic mass is 32.2. The van der Waals surface area contributed by atoms with Gasteiger partial charge in [0, 0.05) is 11.6 Å². The third-order valence-electron chi connectivity index (χ3n) is 6.14. The number of imide groups is 1. The fourth-order valence-electron chi connectivity index (χ4n) is 4.25. The van der Waals surface area contributed by atoms with Gasteiger partial charge in [-0.2, -0.15) is 0 Å². The Morgan fingerprint density at radius 2 is 1.66 bits per heavy atom. The van der Waals surface area contributed by atoms with Crippen molar-refractivity contribution >= 4 is 45.4 Å². The van der Waals surface area contributed by atoms with E-state index in [0.29, 0.717) is 23.7 Å². The van der Waals surface area contributed by atoms with Crippen LogP contribution in [0.4, 0.5) is 10.5 Å². The highest BCUT2D eigenvalue weighted by molar-refractivity contribution is 8.18. The van der Waals surface area contributed by atoms with E-state index in [-0.39, 0.29) is 22.7 Å². The molecule has 1 fully saturated rings. The van der Waals surface area contributed by atoms with Gasteiger partial charge in [0.15, 0.2) is 11.5 Å². The van der Waals surface area contributed by atoms with Gasteiger partial charge in [0.1, 0.15) is 6.61 Å². The van der Waals surface area contributed by atoms with Gasteiger partial charge in [-0.25, -0.2) is 0 Å². The molecule has 0 aromatic heterocycles. The molecule has 0 unspecified atom stereocenters. The van der Waals surface area contributed by atoms with Crippen LogP contribution in [-0.2, 0) is 17.9 Å². The summed E-state index contributed by atoms with van der Waals surface area (Å²) in [6.07, 6.45) is 1.60. The molecule has 1 aliphatic heterocycles. The van der Waals surface area contributed by atoms with Crippen LogP contribution in [0.25, 0.3) is 16.8 Å². The van der Waals surface area contributed by atoms with Gasteiger partial charge in [0.2, 0.25) is 0 Å². The van der Waals surface area contributed by atoms with Gasteiger partial charge < -0.3 is 9.47 Å². The third-order valence-corrected chi connectivity index (χ3v) is 7.05. The molecule has 9 heteroatoms. The number of hydrogen-bond acceptors (Lipinski definition) is 7. The van der Waals surface area contributed by atoms with Crippen molar-refractivity contribution in [2.45, 2.75) is 13.2 Å². The molecule has 190 valence electrons. The number of amides is 2. The smallest absolute Gasteiger partial charge is 0.293 e. The summed E-state index contributed by atoms with van der Waals surface area (Å²) >= 11 is 0.793. The maximum atomic E-state index is 13.0. The number of methoxy groups -OCH3 is 1. The SMILES string of the molecule is COc1cc(/C=C2\SC(=O)N(Cc3ccccc3[N+](=O)[O-])C2=O)ccc1OCc1cccc2ccccc12. The average molecular weight is 527 g/mol. The summed E-state index contributed by atoms with van der Waals surface area (Å²) in [7, 11) is 1.53. The first-order chi connectivity index (χ1) is 18.4. The topological polar surface area (TPSA) is 99.0 Å². The molecule has 1 heterocycles. The Bertz CT molecular complexity index is 1590. The van der Waals surface area contributed by atoms with Gasteiger partial charge in [0.05, 0.1) is 23.5 Å². The Morgan fingerprint density at radius 3 is 2.47 bits per heavy atom. The van der Waals surface area contributed by atoms with Crippen molar-refractivity contribution in [3.8, 4) is 11.5 Å². The lowest BCUT2D eigenvalue weighted by molar-refractivity contribution is -0.385. The zero-order valence-electron chi connectivity index (χ0n) is 20.3. The molecule has 0 radical (unpaired) electrons. The van der Waals surface area contributed by atoms with Crippen molar-refractivity contribution in [1.29, 1.82) is 0 Å². The molecule has 0 bridgehead atoms. The van der Waals surface area contributed by atoms with Crippen LogP contribution >= 0.6 is 11.8 Å². The number of benzene rings is 4. The van der Waals surface area contributed by atoms with E-state index in [9.17, 15) is 19.7 Å². The number of para-hydroxylation sites is 1. The number of carbonyl (C=O) groups excluding carboxylic acids is 2. The lowest BCUT2D eigenvalue weighted by Crippen LogP contribution is -2.27. The maximum Gasteiger partial charge on any atom is 0.293 e. The molecule has 38 heavy (non-hydrogen) atoms. The van der Waals surface area contributed by atoms with E-state index in [1.165, 1.54) is 25.3 Å². The first-order valence-corrected chi connectivity index (χ1v) is 12.5. The molecule has 0 N–H and O–H groups in total. The number of nitro benzene ring substituents is 1. The van der Waals surface area contributed by atoms with Gasteiger partial charge in [-0.3, -0.25) is 24.6 Å². The van der Waals surface area contributed by atoms with Crippen molar-refractivity contribution in [3.63, 3.8) is 0 Å². The van der Waals surface area contributed by atoms with E-state index in [4.69, 9.17) is 9.47 Å². The minimum absolute atomic E-state index is 0.139. The van der Waals surface area contributed by atoms with Crippen molar-refractivity contribution in [2.75, 3.05) is 7.11 Å². The largest absolute Gasteiger partial charge is 0.493 e. The second kappa shape index (κ2) is 10.8. The monoisotopic (exact) mass is 526 g/mol. The minimum atomic E-state index is -0.527. The van der Waals surface area contributed by atoms with Gasteiger partial charge in [0.25, 0.3) is 16.8 Å². The molecule has 1 saturated heterocycles. The van der Waals surface area contributed by atoms with E-state index in [0.717, 1.165) is 33.0 Å². The molecule has 0 spiro atoms. The van der Waals surface area contributed by atoms with Crippen molar-refractivity contribution in [2.24, 2.45) is 0 Å². The Morgan fingerprint density at radius 1 is 0.921 bits per heavy atom. The summed E-state index contributed by atoms with van der Waals surface area (Å²) in [6.45, 7) is 0.172. The summed E-state index contributed by atoms with van der Waals surface area (Å²) in [5.74, 6) is 0.522. The zero-order chi connectivity index (χ0) is 26.6. The van der Waals surface area contributed by atoms with Crippen LogP contribution in [0, 0.1) is 10.1 Å². The lowest BCUT2D eigenvalue weighted by atomic mass is 10.1. The van der Waals surface area contributed by atoms with Gasteiger partial charge in [-0.05, 0) is 51.9 Å². The van der Waals surface area contributed by atoms with Gasteiger partial charge in [-0.15, -0.1) is 0 Å². The number of carbonyl (C=O) groups is 2. The molecule has 0 atom stereocenters. The predicted octanol–water partition coefficient (Wildman–Crippen LogP) is 6.57. The third kappa shape index (κ3) is 5.09. The van der Waals surface area contributed by atoms with E-state index in [1.54, 1.807) is 30.3 Å². The number of nitrogens with zero attached hydrogens (tertiary/aromatic N) is 2. The van der Waals surface area contributed by atoms with Crippen LogP contribution < -0.4 is 9.47 Å². The molecule has 5 rings (SSSR count). The van der Waals surface area contributed by atoms with E-state index in [1.807, 2.05) is 24.3 Å². The fraction of sp³-hybridized carbons (Fsp3) is 0.103. The molecule has 0 saturated carbocycles. The van der Waals surface area contributed by atoms with E-state index in [2.05, 4.69) is 18.2 Å². The second-order valence-electron chi connectivity index (χ2n) is 8.49. The Hall–Kier alpha value is -4.63. The second-order valence-corrected chi connectivity index (χ2v) is 9.48. The molecule has 2 amide bonds. The average Bonchev–Trinajstić information content (AvgIpc) is 3.19. The molecular weight excluding hydrogens is 504 g/mol. The number of nitro groups is 1. The van der Waals surface area contributed by atoms with Crippen LogP contribution in [0.3, 0.4) is 0 Å². The minimum Gasteiger partial charge on any atom is -0.493 e. The number of fused-ring (bicyclic) bond motifs is 1. The molecular formula is C29H22N2O6S. The van der Waals surface area contributed by atoms with E-state index < -0.39 is 16.1 Å². The van der Waals surface area contributed by atoms with Crippen LogP contribution in [0.15, 0.2) is 89.8 Å². The summed E-state index contributed by atoms with van der Waals surface area (Å²) in [5, 5.41) is 13.1. The quantitative estimate of drug-likeness (QED) is 0.145. The molecule has 1 aliphatic rings. The Balaban J connectivity index is 1.33. The van der Waals surface area contributed by atoms with Crippen molar-refractivity contribution < 1.29 is 24.0 Å². The summed E-state index contributed by atoms with van der Waals surface area (Å²) < 4.78 is 11.6. The van der Waals surface area contributed by atoms with Crippen LogP contribution in [0.5, 0.6) is 11.5 Å². The van der Waals surface area contributed by atoms with Crippen LogP contribution in [0.2, 0.25) is 0 Å². The first-order valence-electron chi connectivity index (χ1n) is 11.7. The fourth-order valence-corrected chi connectivity index (χ4v) is 5.09. The van der Waals surface area contributed by atoms with Crippen molar-refractivity contribution in [1.82, 2.24) is 4.90 Å². The molecule has 0 aliphatic carbocycles. The number of rotatable bonds is 8.